The van der Waals surface area contributed by atoms with Crippen molar-refractivity contribution in [1.82, 2.24) is 45.0 Å². The van der Waals surface area contributed by atoms with E-state index in [4.69, 9.17) is 35.3 Å². The summed E-state index contributed by atoms with van der Waals surface area (Å²) in [6, 6.07) is 50.5. The van der Waals surface area contributed by atoms with Gasteiger partial charge in [-0.25, -0.2) is 0 Å². The monoisotopic (exact) mass is 1120 g/mol. The highest BCUT2D eigenvalue weighted by atomic mass is 16.5. The fraction of sp³-hybridized carbons (Fsp3) is 0.300. The van der Waals surface area contributed by atoms with Crippen LogP contribution in [0.2, 0.25) is 0 Å². The number of phenols is 3. The largest absolute Gasteiger partial charge is 0.505 e. The highest BCUT2D eigenvalue weighted by molar-refractivity contribution is 5.84. The second-order valence-corrected chi connectivity index (χ2v) is 26.1. The van der Waals surface area contributed by atoms with E-state index in [1.54, 1.807) is 9.59 Å². The van der Waals surface area contributed by atoms with E-state index in [1.165, 1.54) is 11.9 Å². The van der Waals surface area contributed by atoms with Gasteiger partial charge in [0, 0.05) is 33.9 Å². The predicted molar refractivity (Wildman–Crippen MR) is 332 cm³/mol. The molecule has 0 fully saturated rings. The summed E-state index contributed by atoms with van der Waals surface area (Å²) >= 11 is 0. The number of aromatic hydroxyl groups is 3. The van der Waals surface area contributed by atoms with E-state index in [0.29, 0.717) is 52.0 Å². The van der Waals surface area contributed by atoms with Crippen molar-refractivity contribution in [2.45, 2.75) is 129 Å². The molecule has 11 rings (SSSR count). The van der Waals surface area contributed by atoms with Gasteiger partial charge in [-0.05, 0) is 128 Å². The van der Waals surface area contributed by atoms with Crippen LogP contribution in [-0.2, 0) is 49.4 Å². The Labute approximate surface area is 490 Å². The summed E-state index contributed by atoms with van der Waals surface area (Å²) < 4.78 is 4.91. The lowest BCUT2D eigenvalue weighted by atomic mass is 9.71. The standard InChI is InChI=1S/C70H73N9O5/c1-66(2,3)46-37-51(68(7,8)41-43-27-30-55-57(34-43)75-77(73-55)59-35-42(28-32-62(80)84-13)33-50(63(59)81)67(4,5)6)64(82)60(39-46)79-74-56-31-29-44(36-58(56)76-79)48-23-17-18-24-49(48)70(11,12)52-38-47(69(9,10)45-21-15-14-16-22-45)40-61(65(52)83)78-71-53-25-19-20-26-54(53)72-78/h14-27,29-31,33-40,81-83H,28,32,41H2,1-13H3. The number of nitrogens with zero attached hydrogens (tertiary/aromatic N) is 9. The van der Waals surface area contributed by atoms with Crippen LogP contribution >= 0.6 is 0 Å². The van der Waals surface area contributed by atoms with Gasteiger partial charge in [-0.1, -0.05) is 180 Å². The zero-order chi connectivity index (χ0) is 59.8. The van der Waals surface area contributed by atoms with Gasteiger partial charge in [0.25, 0.3) is 0 Å². The SMILES string of the molecule is COC(=O)CCc1cc(-n2nc3ccc(CC(C)(C)c4cc(C(C)(C)C)cc(-n5nc6ccc(-c7ccccc7C(C)(C)c7cc(C(C)(C)c8ccccc8)cc(-n8nc9ccccc9n8)c7O)cc6n5)c4O)cc3n2)c(O)c(C(C)(C)C)c1. The molecule has 0 aliphatic heterocycles. The Kier molecular flexibility index (Phi) is 14.1. The number of methoxy groups -OCH3 is 1. The van der Waals surface area contributed by atoms with Crippen LogP contribution < -0.4 is 0 Å². The lowest BCUT2D eigenvalue weighted by Gasteiger charge is -2.33. The molecular weight excluding hydrogens is 1050 g/mol. The third kappa shape index (κ3) is 10.5. The van der Waals surface area contributed by atoms with E-state index in [0.717, 1.165) is 72.2 Å². The van der Waals surface area contributed by atoms with E-state index < -0.39 is 21.7 Å². The van der Waals surface area contributed by atoms with Crippen LogP contribution in [-0.4, -0.2) is 73.4 Å². The Morgan fingerprint density at radius 2 is 0.929 bits per heavy atom. The van der Waals surface area contributed by atoms with Crippen molar-refractivity contribution in [3.05, 3.63) is 202 Å². The number of benzene rings is 8. The van der Waals surface area contributed by atoms with Gasteiger partial charge in [0.05, 0.1) is 7.11 Å². The Morgan fingerprint density at radius 1 is 0.429 bits per heavy atom. The molecule has 8 aromatic carbocycles. The molecule has 0 aliphatic carbocycles. The van der Waals surface area contributed by atoms with Gasteiger partial charge in [0.15, 0.2) is 0 Å². The van der Waals surface area contributed by atoms with Crippen LogP contribution in [0.15, 0.2) is 152 Å². The third-order valence-electron chi connectivity index (χ3n) is 16.8. The normalized spacial score (nSPS) is 12.7. The van der Waals surface area contributed by atoms with Gasteiger partial charge in [0.1, 0.15) is 67.4 Å². The molecule has 14 heteroatoms. The highest BCUT2D eigenvalue weighted by Crippen LogP contribution is 2.47. The van der Waals surface area contributed by atoms with Crippen molar-refractivity contribution >= 4 is 39.1 Å². The number of aromatic nitrogens is 9. The molecule has 0 saturated carbocycles. The molecule has 0 amide bonds. The molecule has 0 bridgehead atoms. The maximum Gasteiger partial charge on any atom is 0.305 e. The number of rotatable bonds is 14. The van der Waals surface area contributed by atoms with Crippen molar-refractivity contribution in [3.8, 4) is 45.4 Å². The summed E-state index contributed by atoms with van der Waals surface area (Å²) in [6.07, 6.45) is 1.17. The van der Waals surface area contributed by atoms with Gasteiger partial charge in [0.2, 0.25) is 0 Å². The number of hydrogen-bond acceptors (Lipinski definition) is 11. The van der Waals surface area contributed by atoms with Crippen LogP contribution in [0.25, 0.3) is 61.3 Å². The predicted octanol–water partition coefficient (Wildman–Crippen LogP) is 14.5. The van der Waals surface area contributed by atoms with Gasteiger partial charge < -0.3 is 20.1 Å². The number of esters is 1. The van der Waals surface area contributed by atoms with Crippen LogP contribution in [0, 0.1) is 0 Å². The smallest absolute Gasteiger partial charge is 0.305 e. The summed E-state index contributed by atoms with van der Waals surface area (Å²) in [5.41, 5.74) is 13.0. The quantitative estimate of drug-likeness (QED) is 0.0882. The molecule has 0 atom stereocenters. The molecule has 84 heavy (non-hydrogen) atoms. The van der Waals surface area contributed by atoms with E-state index in [9.17, 15) is 20.1 Å². The van der Waals surface area contributed by atoms with E-state index in [1.807, 2.05) is 118 Å². The molecule has 0 aliphatic rings. The van der Waals surface area contributed by atoms with Gasteiger partial charge in [-0.3, -0.25) is 4.79 Å². The topological polar surface area (TPSA) is 179 Å². The van der Waals surface area contributed by atoms with Crippen molar-refractivity contribution in [1.29, 1.82) is 0 Å². The molecule has 0 saturated heterocycles. The van der Waals surface area contributed by atoms with E-state index in [2.05, 4.69) is 117 Å². The van der Waals surface area contributed by atoms with Crippen molar-refractivity contribution in [2.24, 2.45) is 0 Å². The number of carbonyl (C=O) groups is 1. The zero-order valence-electron chi connectivity index (χ0n) is 50.2. The Bertz CT molecular complexity index is 4310. The van der Waals surface area contributed by atoms with Gasteiger partial charge >= 0.3 is 5.97 Å². The number of phenolic OH excluding ortho intramolecular Hbond substituents is 3. The summed E-state index contributed by atoms with van der Waals surface area (Å²) in [5, 5.41) is 66.2. The first-order valence-corrected chi connectivity index (χ1v) is 28.6. The van der Waals surface area contributed by atoms with Crippen molar-refractivity contribution in [2.75, 3.05) is 7.11 Å². The lowest BCUT2D eigenvalue weighted by molar-refractivity contribution is -0.140. The first-order valence-electron chi connectivity index (χ1n) is 28.6. The number of carbonyl (C=O) groups excluding carboxylic acids is 1. The average molecular weight is 1120 g/mol. The van der Waals surface area contributed by atoms with Crippen LogP contribution in [0.5, 0.6) is 17.2 Å². The summed E-state index contributed by atoms with van der Waals surface area (Å²) in [6.45, 7) is 25.5. The number of fused-ring (bicyclic) bond motifs is 3. The second kappa shape index (κ2) is 20.9. The van der Waals surface area contributed by atoms with Crippen LogP contribution in [0.4, 0.5) is 0 Å². The first-order chi connectivity index (χ1) is 39.7. The summed E-state index contributed by atoms with van der Waals surface area (Å²) in [5.74, 6) is -0.0519. The summed E-state index contributed by atoms with van der Waals surface area (Å²) in [7, 11) is 1.38. The highest BCUT2D eigenvalue weighted by Gasteiger charge is 2.36. The van der Waals surface area contributed by atoms with Crippen molar-refractivity contribution < 1.29 is 24.9 Å². The number of hydrogen-bond donors (Lipinski definition) is 3. The molecule has 0 spiro atoms. The van der Waals surface area contributed by atoms with Gasteiger partial charge in [-0.15, -0.1) is 45.0 Å². The van der Waals surface area contributed by atoms with Crippen LogP contribution in [0.3, 0.4) is 0 Å². The summed E-state index contributed by atoms with van der Waals surface area (Å²) in [4.78, 5) is 16.7. The molecule has 3 heterocycles. The van der Waals surface area contributed by atoms with E-state index >= 15 is 0 Å². The molecule has 0 radical (unpaired) electrons. The first kappa shape index (κ1) is 56.7. The second-order valence-electron chi connectivity index (χ2n) is 26.1. The average Bonchev–Trinajstić information content (AvgIpc) is 1.96. The Hall–Kier alpha value is -9.17. The lowest BCUT2D eigenvalue weighted by Crippen LogP contribution is -2.24. The molecule has 428 valence electrons. The molecule has 3 aromatic heterocycles. The number of aryl methyl sites for hydroxylation is 1. The van der Waals surface area contributed by atoms with Crippen LogP contribution in [0.1, 0.15) is 140 Å². The minimum atomic E-state index is -0.758. The molecule has 3 N–H and O–H groups in total. The fourth-order valence-corrected chi connectivity index (χ4v) is 11.6. The minimum absolute atomic E-state index is 0.0810. The zero-order valence-corrected chi connectivity index (χ0v) is 50.2. The van der Waals surface area contributed by atoms with Crippen molar-refractivity contribution in [3.63, 3.8) is 0 Å². The third-order valence-corrected chi connectivity index (χ3v) is 16.8. The number of ether oxygens (including phenoxy) is 1. The molecule has 11 aromatic rings. The Morgan fingerprint density at radius 3 is 1.54 bits per heavy atom. The van der Waals surface area contributed by atoms with E-state index in [-0.39, 0.29) is 35.1 Å². The maximum atomic E-state index is 12.6. The minimum Gasteiger partial charge on any atom is -0.505 e. The molecule has 0 unspecified atom stereocenters. The Balaban J connectivity index is 0.937. The fourth-order valence-electron chi connectivity index (χ4n) is 11.6. The molecule has 14 nitrogen and oxygen atoms in total. The molecular formula is C70H73N9O5. The van der Waals surface area contributed by atoms with Gasteiger partial charge in [-0.2, -0.15) is 0 Å². The maximum absolute atomic E-state index is 12.6.